The molecular formula is C18H15FN2O5. The van der Waals surface area contributed by atoms with Crippen LogP contribution in [0.5, 0.6) is 0 Å². The first-order valence-electron chi connectivity index (χ1n) is 7.92. The van der Waals surface area contributed by atoms with Gasteiger partial charge in [-0.15, -0.1) is 0 Å². The Labute approximate surface area is 147 Å². The molecule has 0 bridgehead atoms. The molecule has 0 aromatic heterocycles. The van der Waals surface area contributed by atoms with E-state index in [0.29, 0.717) is 19.5 Å². The fourth-order valence-electron chi connectivity index (χ4n) is 3.10. The number of hydrogen-bond acceptors (Lipinski definition) is 4. The van der Waals surface area contributed by atoms with Crippen LogP contribution in [0.15, 0.2) is 42.5 Å². The van der Waals surface area contributed by atoms with Crippen molar-refractivity contribution in [2.24, 2.45) is 0 Å². The summed E-state index contributed by atoms with van der Waals surface area (Å²) in [5.74, 6) is -2.09. The van der Waals surface area contributed by atoms with Gasteiger partial charge in [0.1, 0.15) is 5.82 Å². The summed E-state index contributed by atoms with van der Waals surface area (Å²) < 4.78 is 13.0. The van der Waals surface area contributed by atoms with Crippen LogP contribution in [0.1, 0.15) is 38.6 Å². The number of aromatic carboxylic acids is 1. The Morgan fingerprint density at radius 2 is 1.81 bits per heavy atom. The van der Waals surface area contributed by atoms with Gasteiger partial charge in [-0.25, -0.2) is 9.18 Å². The zero-order chi connectivity index (χ0) is 18.8. The number of non-ortho nitro benzene ring substituents is 1. The topological polar surface area (TPSA) is 101 Å². The van der Waals surface area contributed by atoms with Gasteiger partial charge in [-0.1, -0.05) is 12.1 Å². The predicted molar refractivity (Wildman–Crippen MR) is 89.7 cm³/mol. The smallest absolute Gasteiger partial charge is 0.335 e. The molecule has 7 nitrogen and oxygen atoms in total. The second-order valence-electron chi connectivity index (χ2n) is 6.12. The Morgan fingerprint density at radius 3 is 2.42 bits per heavy atom. The molecule has 0 aliphatic carbocycles. The number of halogens is 1. The number of carbonyl (C=O) groups is 2. The molecule has 1 fully saturated rings. The van der Waals surface area contributed by atoms with Crippen LogP contribution in [-0.2, 0) is 0 Å². The minimum absolute atomic E-state index is 0.0312. The van der Waals surface area contributed by atoms with E-state index in [4.69, 9.17) is 5.11 Å². The molecule has 1 N–H and O–H groups in total. The van der Waals surface area contributed by atoms with Gasteiger partial charge in [0.05, 0.1) is 10.5 Å². The molecule has 3 rings (SSSR count). The van der Waals surface area contributed by atoms with E-state index in [9.17, 15) is 24.1 Å². The largest absolute Gasteiger partial charge is 0.478 e. The van der Waals surface area contributed by atoms with Crippen LogP contribution >= 0.6 is 0 Å². The summed E-state index contributed by atoms with van der Waals surface area (Å²) in [6.45, 7) is 0.821. The lowest BCUT2D eigenvalue weighted by Gasteiger charge is -2.17. The van der Waals surface area contributed by atoms with E-state index >= 15 is 0 Å². The van der Waals surface area contributed by atoms with E-state index in [1.807, 2.05) is 0 Å². The monoisotopic (exact) mass is 358 g/mol. The van der Waals surface area contributed by atoms with Crippen LogP contribution in [0.25, 0.3) is 0 Å². The molecule has 2 aromatic carbocycles. The summed E-state index contributed by atoms with van der Waals surface area (Å²) in [4.78, 5) is 35.6. The third-order valence-corrected chi connectivity index (χ3v) is 4.44. The van der Waals surface area contributed by atoms with Crippen molar-refractivity contribution >= 4 is 17.6 Å². The molecule has 1 atom stereocenters. The first kappa shape index (κ1) is 17.5. The summed E-state index contributed by atoms with van der Waals surface area (Å²) in [6.07, 6.45) is 0.679. The molecule has 26 heavy (non-hydrogen) atoms. The van der Waals surface area contributed by atoms with Crippen LogP contribution < -0.4 is 0 Å². The highest BCUT2D eigenvalue weighted by Crippen LogP contribution is 2.29. The maximum Gasteiger partial charge on any atom is 0.335 e. The normalized spacial score (nSPS) is 16.5. The van der Waals surface area contributed by atoms with Gasteiger partial charge in [-0.2, -0.15) is 0 Å². The number of nitro groups is 1. The minimum Gasteiger partial charge on any atom is -0.478 e. The number of carboxylic acid groups (broad SMARTS) is 1. The lowest BCUT2D eigenvalue weighted by atomic mass is 9.98. The molecule has 2 aromatic rings. The third kappa shape index (κ3) is 3.53. The van der Waals surface area contributed by atoms with E-state index in [-0.39, 0.29) is 22.9 Å². The molecule has 1 heterocycles. The molecular weight excluding hydrogens is 343 g/mol. The molecule has 1 aliphatic rings. The highest BCUT2D eigenvalue weighted by Gasteiger charge is 2.29. The van der Waals surface area contributed by atoms with Crippen molar-refractivity contribution in [3.63, 3.8) is 0 Å². The average molecular weight is 358 g/mol. The van der Waals surface area contributed by atoms with Crippen LogP contribution in [0.4, 0.5) is 10.1 Å². The second-order valence-corrected chi connectivity index (χ2v) is 6.12. The highest BCUT2D eigenvalue weighted by molar-refractivity contribution is 5.98. The van der Waals surface area contributed by atoms with Crippen molar-refractivity contribution in [3.05, 3.63) is 75.1 Å². The molecule has 0 unspecified atom stereocenters. The number of carboxylic acids is 1. The van der Waals surface area contributed by atoms with Crippen molar-refractivity contribution in [2.45, 2.75) is 12.3 Å². The Kier molecular flexibility index (Phi) is 4.66. The van der Waals surface area contributed by atoms with Gasteiger partial charge in [-0.05, 0) is 30.2 Å². The molecule has 134 valence electrons. The molecule has 0 saturated carbocycles. The van der Waals surface area contributed by atoms with E-state index in [1.54, 1.807) is 12.1 Å². The fourth-order valence-corrected chi connectivity index (χ4v) is 3.10. The minimum atomic E-state index is -1.34. The van der Waals surface area contributed by atoms with Crippen molar-refractivity contribution in [3.8, 4) is 0 Å². The molecule has 0 spiro atoms. The zero-order valence-electron chi connectivity index (χ0n) is 13.6. The second kappa shape index (κ2) is 6.91. The maximum atomic E-state index is 13.0. The third-order valence-electron chi connectivity index (χ3n) is 4.44. The number of nitrogens with zero attached hydrogens (tertiary/aromatic N) is 2. The van der Waals surface area contributed by atoms with E-state index in [1.165, 1.54) is 17.0 Å². The number of likely N-dealkylation sites (tertiary alicyclic amines) is 1. The summed E-state index contributed by atoms with van der Waals surface area (Å²) in [7, 11) is 0. The van der Waals surface area contributed by atoms with Crippen molar-refractivity contribution in [2.75, 3.05) is 13.1 Å². The summed E-state index contributed by atoms with van der Waals surface area (Å²) in [5, 5.41) is 20.1. The standard InChI is InChI=1S/C18H15FN2O5/c19-15-3-1-11(2-4-15)12-5-6-20(10-12)17(22)13-7-14(18(23)24)9-16(8-13)21(25)26/h1-4,7-9,12H,5-6,10H2,(H,23,24)/t12-/m0/s1. The average Bonchev–Trinajstić information content (AvgIpc) is 3.11. The number of rotatable bonds is 4. The Morgan fingerprint density at radius 1 is 1.15 bits per heavy atom. The lowest BCUT2D eigenvalue weighted by molar-refractivity contribution is -0.384. The maximum absolute atomic E-state index is 13.0. The SMILES string of the molecule is O=C(O)c1cc(C(=O)N2CC[C@H](c3ccc(F)cc3)C2)cc([N+](=O)[O-])c1. The van der Waals surface area contributed by atoms with Crippen molar-refractivity contribution in [1.29, 1.82) is 0 Å². The molecule has 1 amide bonds. The van der Waals surface area contributed by atoms with E-state index in [0.717, 1.165) is 23.8 Å². The van der Waals surface area contributed by atoms with Gasteiger partial charge in [0.25, 0.3) is 11.6 Å². The fraction of sp³-hybridized carbons (Fsp3) is 0.222. The van der Waals surface area contributed by atoms with Crippen LogP contribution in [-0.4, -0.2) is 39.9 Å². The summed E-state index contributed by atoms with van der Waals surface area (Å²) in [5.41, 5.74) is 0.127. The predicted octanol–water partition coefficient (Wildman–Crippen LogP) is 3.06. The lowest BCUT2D eigenvalue weighted by Crippen LogP contribution is -2.28. The number of nitro benzene ring substituents is 1. The first-order valence-corrected chi connectivity index (χ1v) is 7.92. The number of benzene rings is 2. The van der Waals surface area contributed by atoms with E-state index < -0.39 is 22.5 Å². The molecule has 0 radical (unpaired) electrons. The Hall–Kier alpha value is -3.29. The zero-order valence-corrected chi connectivity index (χ0v) is 13.6. The van der Waals surface area contributed by atoms with Gasteiger partial charge < -0.3 is 10.0 Å². The molecule has 8 heteroatoms. The number of carbonyl (C=O) groups excluding carboxylic acids is 1. The van der Waals surface area contributed by atoms with Gasteiger partial charge in [0.15, 0.2) is 0 Å². The summed E-state index contributed by atoms with van der Waals surface area (Å²) >= 11 is 0. The van der Waals surface area contributed by atoms with E-state index in [2.05, 4.69) is 0 Å². The number of hydrogen-bond donors (Lipinski definition) is 1. The van der Waals surface area contributed by atoms with Crippen LogP contribution in [0, 0.1) is 15.9 Å². The van der Waals surface area contributed by atoms with Gasteiger partial charge in [0, 0.05) is 36.7 Å². The quantitative estimate of drug-likeness (QED) is 0.669. The Balaban J connectivity index is 1.82. The van der Waals surface area contributed by atoms with Crippen LogP contribution in [0.2, 0.25) is 0 Å². The van der Waals surface area contributed by atoms with Gasteiger partial charge >= 0.3 is 5.97 Å². The van der Waals surface area contributed by atoms with Crippen molar-refractivity contribution in [1.82, 2.24) is 4.90 Å². The Bertz CT molecular complexity index is 849. The first-order chi connectivity index (χ1) is 12.3. The van der Waals surface area contributed by atoms with Crippen molar-refractivity contribution < 1.29 is 24.0 Å². The molecule has 1 saturated heterocycles. The van der Waals surface area contributed by atoms with Gasteiger partial charge in [-0.3, -0.25) is 14.9 Å². The number of amides is 1. The van der Waals surface area contributed by atoms with Gasteiger partial charge in [0.2, 0.25) is 0 Å². The van der Waals surface area contributed by atoms with Crippen LogP contribution in [0.3, 0.4) is 0 Å². The summed E-state index contributed by atoms with van der Waals surface area (Å²) in [6, 6.07) is 9.21. The molecule has 1 aliphatic heterocycles. The highest BCUT2D eigenvalue weighted by atomic mass is 19.1.